The maximum Gasteiger partial charge on any atom is 0.416 e. The molecule has 1 aliphatic rings. The minimum Gasteiger partial charge on any atom is -0.492 e. The second-order valence-electron chi connectivity index (χ2n) is 4.77. The van der Waals surface area contributed by atoms with Gasteiger partial charge in [-0.05, 0) is 12.1 Å². The van der Waals surface area contributed by atoms with E-state index in [0.29, 0.717) is 31.9 Å². The van der Waals surface area contributed by atoms with Crippen LogP contribution >= 0.6 is 0 Å². The summed E-state index contributed by atoms with van der Waals surface area (Å²) in [5.41, 5.74) is -0.565. The first-order valence-corrected chi connectivity index (χ1v) is 6.64. The van der Waals surface area contributed by atoms with E-state index in [9.17, 15) is 18.0 Å². The van der Waals surface area contributed by atoms with Gasteiger partial charge in [0, 0.05) is 25.2 Å². The molecule has 0 amide bonds. The number of carbonyl (C=O) groups excluding carboxylic acids is 1. The van der Waals surface area contributed by atoms with E-state index in [1.165, 1.54) is 7.11 Å². The number of alkyl halides is 3. The van der Waals surface area contributed by atoms with Crippen LogP contribution in [0.4, 0.5) is 13.2 Å². The molecule has 0 radical (unpaired) electrons. The van der Waals surface area contributed by atoms with Gasteiger partial charge in [-0.15, -0.1) is 0 Å². The van der Waals surface area contributed by atoms with E-state index < -0.39 is 11.7 Å². The van der Waals surface area contributed by atoms with Crippen molar-refractivity contribution in [3.05, 3.63) is 23.3 Å². The Kier molecular flexibility index (Phi) is 5.25. The van der Waals surface area contributed by atoms with Gasteiger partial charge in [0.1, 0.15) is 0 Å². The fraction of sp³-hybridized carbons (Fsp3) is 0.500. The molecule has 122 valence electrons. The van der Waals surface area contributed by atoms with Crippen molar-refractivity contribution in [1.82, 2.24) is 4.90 Å². The Balaban J connectivity index is 2.39. The lowest BCUT2D eigenvalue weighted by atomic mass is 10.1. The molecular weight excluding hydrogens is 303 g/mol. The minimum absolute atomic E-state index is 0.0799. The number of hydrogen-bond acceptors (Lipinski definition) is 5. The molecule has 0 aromatic heterocycles. The van der Waals surface area contributed by atoms with Crippen molar-refractivity contribution in [3.8, 4) is 11.5 Å². The molecule has 1 fully saturated rings. The van der Waals surface area contributed by atoms with E-state index in [0.717, 1.165) is 12.1 Å². The first kappa shape index (κ1) is 16.6. The van der Waals surface area contributed by atoms with Crippen molar-refractivity contribution in [2.45, 2.75) is 12.7 Å². The van der Waals surface area contributed by atoms with E-state index in [4.69, 9.17) is 9.47 Å². The fourth-order valence-electron chi connectivity index (χ4n) is 2.31. The van der Waals surface area contributed by atoms with Crippen LogP contribution in [0.2, 0.25) is 0 Å². The van der Waals surface area contributed by atoms with Crippen molar-refractivity contribution in [3.63, 3.8) is 0 Å². The summed E-state index contributed by atoms with van der Waals surface area (Å²) in [7, 11) is 1.32. The second kappa shape index (κ2) is 6.97. The Hall–Kier alpha value is -1.80. The predicted octanol–water partition coefficient (Wildman–Crippen LogP) is 2.08. The standard InChI is InChI=1S/C14H16F3NO4/c1-20-13-10(8-18-2-4-21-5-3-18)6-11(14(15,16)17)7-12(13)22-9-19/h6-7,9H,2-5,8H2,1H3. The normalized spacial score (nSPS) is 16.4. The van der Waals surface area contributed by atoms with E-state index in [2.05, 4.69) is 4.74 Å². The summed E-state index contributed by atoms with van der Waals surface area (Å²) in [6.07, 6.45) is -4.53. The highest BCUT2D eigenvalue weighted by Gasteiger charge is 2.33. The van der Waals surface area contributed by atoms with Gasteiger partial charge in [0.15, 0.2) is 11.5 Å². The van der Waals surface area contributed by atoms with Crippen molar-refractivity contribution in [1.29, 1.82) is 0 Å². The van der Waals surface area contributed by atoms with Crippen LogP contribution in [0, 0.1) is 0 Å². The molecule has 2 rings (SSSR count). The summed E-state index contributed by atoms with van der Waals surface area (Å²) in [5, 5.41) is 0. The SMILES string of the molecule is COc1c(CN2CCOCC2)cc(C(F)(F)F)cc1OC=O. The van der Waals surface area contributed by atoms with Crippen LogP contribution in [0.3, 0.4) is 0 Å². The highest BCUT2D eigenvalue weighted by molar-refractivity contribution is 5.56. The molecule has 8 heteroatoms. The quantitative estimate of drug-likeness (QED) is 0.778. The van der Waals surface area contributed by atoms with Crippen LogP contribution in [-0.4, -0.2) is 44.8 Å². The van der Waals surface area contributed by atoms with Crippen molar-refractivity contribution in [2.24, 2.45) is 0 Å². The van der Waals surface area contributed by atoms with E-state index in [-0.39, 0.29) is 24.5 Å². The molecule has 5 nitrogen and oxygen atoms in total. The molecule has 0 unspecified atom stereocenters. The molecule has 0 aliphatic carbocycles. The van der Waals surface area contributed by atoms with E-state index in [1.54, 1.807) is 0 Å². The average molecular weight is 319 g/mol. The third-order valence-electron chi connectivity index (χ3n) is 3.34. The smallest absolute Gasteiger partial charge is 0.416 e. The average Bonchev–Trinajstić information content (AvgIpc) is 2.47. The maximum absolute atomic E-state index is 13.0. The number of morpholine rings is 1. The monoisotopic (exact) mass is 319 g/mol. The molecule has 1 heterocycles. The fourth-order valence-corrected chi connectivity index (χ4v) is 2.31. The summed E-state index contributed by atoms with van der Waals surface area (Å²) in [4.78, 5) is 12.5. The van der Waals surface area contributed by atoms with Gasteiger partial charge in [-0.25, -0.2) is 0 Å². The predicted molar refractivity (Wildman–Crippen MR) is 70.8 cm³/mol. The largest absolute Gasteiger partial charge is 0.492 e. The van der Waals surface area contributed by atoms with Crippen molar-refractivity contribution in [2.75, 3.05) is 33.4 Å². The molecule has 1 aromatic carbocycles. The van der Waals surface area contributed by atoms with Crippen LogP contribution in [0.15, 0.2) is 12.1 Å². The van der Waals surface area contributed by atoms with E-state index >= 15 is 0 Å². The first-order valence-electron chi connectivity index (χ1n) is 6.64. The molecule has 1 aromatic rings. The molecule has 0 bridgehead atoms. The number of carbonyl (C=O) groups is 1. The summed E-state index contributed by atoms with van der Waals surface area (Å²) in [6, 6.07) is 1.78. The van der Waals surface area contributed by atoms with Crippen molar-refractivity contribution >= 4 is 6.47 Å². The van der Waals surface area contributed by atoms with Crippen LogP contribution in [0.25, 0.3) is 0 Å². The van der Waals surface area contributed by atoms with Crippen molar-refractivity contribution < 1.29 is 32.2 Å². The number of hydrogen-bond donors (Lipinski definition) is 0. The van der Waals surface area contributed by atoms with Gasteiger partial charge in [0.25, 0.3) is 6.47 Å². The Bertz CT molecular complexity index is 528. The molecule has 0 saturated carbocycles. The van der Waals surface area contributed by atoms with Crippen LogP contribution in [0.1, 0.15) is 11.1 Å². The maximum atomic E-state index is 13.0. The van der Waals surface area contributed by atoms with E-state index in [1.807, 2.05) is 4.90 Å². The number of methoxy groups -OCH3 is 1. The minimum atomic E-state index is -4.53. The lowest BCUT2D eigenvalue weighted by molar-refractivity contribution is -0.138. The van der Waals surface area contributed by atoms with Gasteiger partial charge in [-0.1, -0.05) is 0 Å². The van der Waals surface area contributed by atoms with Gasteiger partial charge in [0.2, 0.25) is 0 Å². The Morgan fingerprint density at radius 1 is 1.32 bits per heavy atom. The highest BCUT2D eigenvalue weighted by Crippen LogP contribution is 2.39. The molecule has 22 heavy (non-hydrogen) atoms. The zero-order valence-corrected chi connectivity index (χ0v) is 12.0. The Morgan fingerprint density at radius 3 is 2.55 bits per heavy atom. The number of halogens is 3. The number of benzene rings is 1. The second-order valence-corrected chi connectivity index (χ2v) is 4.77. The van der Waals surface area contributed by atoms with Gasteiger partial charge >= 0.3 is 6.18 Å². The van der Waals surface area contributed by atoms with Gasteiger partial charge in [-0.2, -0.15) is 13.2 Å². The third-order valence-corrected chi connectivity index (χ3v) is 3.34. The summed E-state index contributed by atoms with van der Waals surface area (Å²) in [5.74, 6) is -0.109. The number of nitrogens with zero attached hydrogens (tertiary/aromatic N) is 1. The van der Waals surface area contributed by atoms with Crippen LogP contribution in [-0.2, 0) is 22.3 Å². The Labute approximate surface area is 125 Å². The molecule has 0 spiro atoms. The molecule has 1 aliphatic heterocycles. The summed E-state index contributed by atoms with van der Waals surface area (Å²) in [6.45, 7) is 2.62. The number of rotatable bonds is 5. The first-order chi connectivity index (χ1) is 10.5. The van der Waals surface area contributed by atoms with Gasteiger partial charge in [-0.3, -0.25) is 9.69 Å². The zero-order valence-electron chi connectivity index (χ0n) is 12.0. The lowest BCUT2D eigenvalue weighted by Gasteiger charge is -2.27. The molecule has 0 N–H and O–H groups in total. The van der Waals surface area contributed by atoms with Gasteiger partial charge in [0.05, 0.1) is 25.9 Å². The van der Waals surface area contributed by atoms with Gasteiger partial charge < -0.3 is 14.2 Å². The molecule has 1 saturated heterocycles. The third kappa shape index (κ3) is 3.89. The molecular formula is C14H16F3NO4. The summed E-state index contributed by atoms with van der Waals surface area (Å²) < 4.78 is 53.9. The summed E-state index contributed by atoms with van der Waals surface area (Å²) >= 11 is 0. The zero-order chi connectivity index (χ0) is 16.2. The lowest BCUT2D eigenvalue weighted by Crippen LogP contribution is -2.35. The molecule has 0 atom stereocenters. The Morgan fingerprint density at radius 2 is 2.00 bits per heavy atom. The van der Waals surface area contributed by atoms with Crippen LogP contribution < -0.4 is 9.47 Å². The van der Waals surface area contributed by atoms with Crippen LogP contribution in [0.5, 0.6) is 11.5 Å². The number of ether oxygens (including phenoxy) is 3. The topological polar surface area (TPSA) is 48.0 Å². The highest BCUT2D eigenvalue weighted by atomic mass is 19.4.